The molecule has 0 bridgehead atoms. The van der Waals surface area contributed by atoms with Gasteiger partial charge in [-0.2, -0.15) is 0 Å². The molecule has 3 fully saturated rings. The lowest BCUT2D eigenvalue weighted by atomic mass is 9.94. The third kappa shape index (κ3) is 4.91. The van der Waals surface area contributed by atoms with Crippen LogP contribution in [0.5, 0.6) is 0 Å². The molecule has 0 N–H and O–H groups in total. The van der Waals surface area contributed by atoms with E-state index in [0.29, 0.717) is 11.8 Å². The second-order valence-corrected chi connectivity index (χ2v) is 10.9. The van der Waals surface area contributed by atoms with Gasteiger partial charge in [0, 0.05) is 22.2 Å². The molecule has 4 nitrogen and oxygen atoms in total. The van der Waals surface area contributed by atoms with Crippen molar-refractivity contribution in [2.75, 3.05) is 0 Å². The van der Waals surface area contributed by atoms with Gasteiger partial charge in [-0.05, 0) is 61.7 Å². The number of hydrogen-bond acceptors (Lipinski definition) is 4. The number of halogens is 1. The Morgan fingerprint density at radius 3 is 2.50 bits per heavy atom. The highest BCUT2D eigenvalue weighted by Gasteiger charge is 2.39. The number of amidine groups is 1. The van der Waals surface area contributed by atoms with Crippen molar-refractivity contribution >= 4 is 44.8 Å². The molecule has 2 saturated carbocycles. The van der Waals surface area contributed by atoms with Gasteiger partial charge in [0.2, 0.25) is 0 Å². The third-order valence-electron chi connectivity index (χ3n) is 6.65. The van der Waals surface area contributed by atoms with Crippen LogP contribution in [-0.2, 0) is 4.79 Å². The van der Waals surface area contributed by atoms with E-state index in [2.05, 4.69) is 15.9 Å². The lowest BCUT2D eigenvalue weighted by molar-refractivity contribution is -0.124. The maximum atomic E-state index is 13.5. The molecule has 6 heteroatoms. The molecule has 2 aliphatic carbocycles. The third-order valence-corrected chi connectivity index (χ3v) is 8.14. The van der Waals surface area contributed by atoms with Crippen LogP contribution in [0.25, 0.3) is 17.4 Å². The summed E-state index contributed by atoms with van der Waals surface area (Å²) in [6.45, 7) is 0. The minimum absolute atomic E-state index is 0.0943. The number of benzene rings is 1. The molecule has 168 valence electrons. The zero-order valence-electron chi connectivity index (χ0n) is 18.3. The van der Waals surface area contributed by atoms with Crippen LogP contribution in [0, 0.1) is 0 Å². The van der Waals surface area contributed by atoms with Gasteiger partial charge < -0.3 is 4.42 Å². The standard InChI is InChI=1S/C26H29BrN2O2S/c27-19-9-7-8-18(16-19)23-15-14-22(31-23)17-24-25(30)29(21-12-5-2-6-13-21)26(32-24)28-20-10-3-1-4-11-20/h7-9,14-17,20-21H,1-6,10-13H2. The molecule has 0 unspecified atom stereocenters. The lowest BCUT2D eigenvalue weighted by Gasteiger charge is -2.31. The van der Waals surface area contributed by atoms with E-state index in [1.807, 2.05) is 47.4 Å². The van der Waals surface area contributed by atoms with Crippen LogP contribution < -0.4 is 0 Å². The number of hydrogen-bond donors (Lipinski definition) is 0. The summed E-state index contributed by atoms with van der Waals surface area (Å²) >= 11 is 5.05. The SMILES string of the molecule is O=C1C(=Cc2ccc(-c3cccc(Br)c3)o2)SC(=NC2CCCCC2)N1C1CCCCC1. The molecule has 2 heterocycles. The molecular weight excluding hydrogens is 484 g/mol. The van der Waals surface area contributed by atoms with Gasteiger partial charge in [-0.15, -0.1) is 0 Å². The van der Waals surface area contributed by atoms with Crippen molar-refractivity contribution in [2.24, 2.45) is 4.99 Å². The van der Waals surface area contributed by atoms with Crippen molar-refractivity contribution in [1.29, 1.82) is 0 Å². The van der Waals surface area contributed by atoms with Gasteiger partial charge in [0.1, 0.15) is 11.5 Å². The van der Waals surface area contributed by atoms with Crippen LogP contribution in [-0.4, -0.2) is 28.1 Å². The van der Waals surface area contributed by atoms with Crippen LogP contribution >= 0.6 is 27.7 Å². The van der Waals surface area contributed by atoms with E-state index in [4.69, 9.17) is 9.41 Å². The summed E-state index contributed by atoms with van der Waals surface area (Å²) in [5.41, 5.74) is 1.01. The Labute approximate surface area is 202 Å². The number of thioether (sulfide) groups is 1. The molecule has 1 aromatic carbocycles. The number of furan rings is 1. The largest absolute Gasteiger partial charge is 0.457 e. The van der Waals surface area contributed by atoms with Gasteiger partial charge in [-0.25, -0.2) is 0 Å². The maximum absolute atomic E-state index is 13.5. The van der Waals surface area contributed by atoms with Crippen LogP contribution in [0.2, 0.25) is 0 Å². The highest BCUT2D eigenvalue weighted by molar-refractivity contribution is 9.10. The number of carbonyl (C=O) groups is 1. The van der Waals surface area contributed by atoms with Gasteiger partial charge in [0.05, 0.1) is 10.9 Å². The first kappa shape index (κ1) is 22.0. The highest BCUT2D eigenvalue weighted by Crippen LogP contribution is 2.39. The number of nitrogens with zero attached hydrogens (tertiary/aromatic N) is 2. The first-order valence-electron chi connectivity index (χ1n) is 11.8. The summed E-state index contributed by atoms with van der Waals surface area (Å²) < 4.78 is 7.09. The summed E-state index contributed by atoms with van der Waals surface area (Å²) in [4.78, 5) is 21.3. The monoisotopic (exact) mass is 512 g/mol. The fourth-order valence-electron chi connectivity index (χ4n) is 4.96. The van der Waals surface area contributed by atoms with Gasteiger partial charge in [-0.1, -0.05) is 66.6 Å². The number of carbonyl (C=O) groups excluding carboxylic acids is 1. The quantitative estimate of drug-likeness (QED) is 0.395. The topological polar surface area (TPSA) is 45.8 Å². The molecular formula is C26H29BrN2O2S. The minimum atomic E-state index is 0.0943. The second kappa shape index (κ2) is 10.0. The smallest absolute Gasteiger partial charge is 0.267 e. The minimum Gasteiger partial charge on any atom is -0.457 e. The van der Waals surface area contributed by atoms with E-state index in [1.54, 1.807) is 0 Å². The lowest BCUT2D eigenvalue weighted by Crippen LogP contribution is -2.41. The molecule has 0 radical (unpaired) electrons. The van der Waals surface area contributed by atoms with Gasteiger partial charge in [0.15, 0.2) is 5.17 Å². The summed E-state index contributed by atoms with van der Waals surface area (Å²) in [5.74, 6) is 1.60. The Kier molecular flexibility index (Phi) is 6.88. The molecule has 1 saturated heterocycles. The Bertz CT molecular complexity index is 1030. The van der Waals surface area contributed by atoms with E-state index < -0.39 is 0 Å². The predicted octanol–water partition coefficient (Wildman–Crippen LogP) is 7.65. The highest BCUT2D eigenvalue weighted by atomic mass is 79.9. The Hall–Kier alpha value is -1.79. The average Bonchev–Trinajstić information content (AvgIpc) is 3.40. The Balaban J connectivity index is 1.42. The molecule has 1 amide bonds. The first-order valence-corrected chi connectivity index (χ1v) is 13.4. The second-order valence-electron chi connectivity index (χ2n) is 8.99. The molecule has 3 aliphatic rings. The summed E-state index contributed by atoms with van der Waals surface area (Å²) in [5, 5.41) is 0.916. The molecule has 5 rings (SSSR count). The maximum Gasteiger partial charge on any atom is 0.267 e. The van der Waals surface area contributed by atoms with Crippen molar-refractivity contribution in [3.05, 3.63) is 51.5 Å². The number of rotatable bonds is 4. The van der Waals surface area contributed by atoms with Crippen molar-refractivity contribution in [3.8, 4) is 11.3 Å². The summed E-state index contributed by atoms with van der Waals surface area (Å²) in [7, 11) is 0. The van der Waals surface area contributed by atoms with E-state index >= 15 is 0 Å². The molecule has 2 aromatic rings. The fraction of sp³-hybridized carbons (Fsp3) is 0.462. The Morgan fingerprint density at radius 2 is 1.75 bits per heavy atom. The zero-order valence-corrected chi connectivity index (χ0v) is 20.7. The van der Waals surface area contributed by atoms with Crippen LogP contribution in [0.4, 0.5) is 0 Å². The first-order chi connectivity index (χ1) is 15.7. The number of amides is 1. The molecule has 32 heavy (non-hydrogen) atoms. The van der Waals surface area contributed by atoms with Crippen LogP contribution in [0.3, 0.4) is 0 Å². The molecule has 1 aromatic heterocycles. The molecule has 0 spiro atoms. The normalized spacial score (nSPS) is 23.5. The van der Waals surface area contributed by atoms with Crippen LogP contribution in [0.15, 0.2) is 55.2 Å². The van der Waals surface area contributed by atoms with Crippen LogP contribution in [0.1, 0.15) is 70.0 Å². The van der Waals surface area contributed by atoms with Crippen molar-refractivity contribution in [2.45, 2.75) is 76.3 Å². The molecule has 0 atom stereocenters. The van der Waals surface area contributed by atoms with E-state index in [1.165, 1.54) is 50.3 Å². The molecule has 1 aliphatic heterocycles. The van der Waals surface area contributed by atoms with Gasteiger partial charge in [0.25, 0.3) is 5.91 Å². The average molecular weight is 514 g/mol. The fourth-order valence-corrected chi connectivity index (χ4v) is 6.45. The zero-order chi connectivity index (χ0) is 21.9. The van der Waals surface area contributed by atoms with E-state index in [-0.39, 0.29) is 11.9 Å². The summed E-state index contributed by atoms with van der Waals surface area (Å²) in [6.07, 6.45) is 13.8. The van der Waals surface area contributed by atoms with E-state index in [9.17, 15) is 4.79 Å². The predicted molar refractivity (Wildman–Crippen MR) is 135 cm³/mol. The Morgan fingerprint density at radius 1 is 1.00 bits per heavy atom. The van der Waals surface area contributed by atoms with Crippen molar-refractivity contribution in [1.82, 2.24) is 4.90 Å². The van der Waals surface area contributed by atoms with E-state index in [0.717, 1.165) is 51.6 Å². The number of aliphatic imine (C=N–C) groups is 1. The van der Waals surface area contributed by atoms with Crippen molar-refractivity contribution < 1.29 is 9.21 Å². The van der Waals surface area contributed by atoms with Gasteiger partial charge >= 0.3 is 0 Å². The van der Waals surface area contributed by atoms with Crippen molar-refractivity contribution in [3.63, 3.8) is 0 Å². The summed E-state index contributed by atoms with van der Waals surface area (Å²) in [6, 6.07) is 12.6. The van der Waals surface area contributed by atoms with Gasteiger partial charge in [-0.3, -0.25) is 14.7 Å².